The van der Waals surface area contributed by atoms with Gasteiger partial charge < -0.3 is 5.32 Å². The first-order chi connectivity index (χ1) is 8.43. The van der Waals surface area contributed by atoms with Crippen molar-refractivity contribution in [1.82, 2.24) is 0 Å². The van der Waals surface area contributed by atoms with Crippen LogP contribution in [0.2, 0.25) is 0 Å². The van der Waals surface area contributed by atoms with Crippen LogP contribution < -0.4 is 5.32 Å². The van der Waals surface area contributed by atoms with Crippen LogP contribution in [0.1, 0.15) is 22.3 Å². The molecule has 0 saturated carbocycles. The molecule has 0 radical (unpaired) electrons. The van der Waals surface area contributed by atoms with Crippen LogP contribution in [0.5, 0.6) is 0 Å². The summed E-state index contributed by atoms with van der Waals surface area (Å²) in [5.41, 5.74) is 5.60. The first kappa shape index (κ1) is 10.3. The molecule has 0 unspecified atom stereocenters. The number of benzene rings is 2. The van der Waals surface area contributed by atoms with Crippen LogP contribution in [0, 0.1) is 0 Å². The van der Waals surface area contributed by atoms with Gasteiger partial charge >= 0.3 is 0 Å². The maximum Gasteiger partial charge on any atom is 0.103 e. The zero-order valence-corrected chi connectivity index (χ0v) is 9.77. The number of hydrogen-bond acceptors (Lipinski definition) is 0. The van der Waals surface area contributed by atoms with Crippen LogP contribution in [0.15, 0.2) is 48.5 Å². The fraction of sp³-hybridized carbons (Fsp3) is 0.125. The fourth-order valence-corrected chi connectivity index (χ4v) is 2.37. The normalized spacial score (nSPS) is 14.1. The molecule has 0 fully saturated rings. The van der Waals surface area contributed by atoms with E-state index in [0.717, 1.165) is 13.1 Å². The topological polar surface area (TPSA) is 16.6 Å². The smallest absolute Gasteiger partial charge is 0.103 e. The van der Waals surface area contributed by atoms with Crippen molar-refractivity contribution in [2.45, 2.75) is 13.1 Å². The number of rotatable bonds is 2. The molecule has 17 heavy (non-hydrogen) atoms. The largest absolute Gasteiger partial charge is 0.339 e. The summed E-state index contributed by atoms with van der Waals surface area (Å²) in [7, 11) is 0. The Morgan fingerprint density at radius 2 is 1.71 bits per heavy atom. The molecule has 0 aliphatic carbocycles. The second kappa shape index (κ2) is 4.56. The van der Waals surface area contributed by atoms with Gasteiger partial charge in [0.15, 0.2) is 0 Å². The summed E-state index contributed by atoms with van der Waals surface area (Å²) in [6.07, 6.45) is 4.42. The molecule has 0 saturated heterocycles. The summed E-state index contributed by atoms with van der Waals surface area (Å²) >= 11 is 0. The van der Waals surface area contributed by atoms with Gasteiger partial charge in [-0.2, -0.15) is 0 Å². The van der Waals surface area contributed by atoms with Gasteiger partial charge in [-0.1, -0.05) is 60.7 Å². The monoisotopic (exact) mass is 222 g/mol. The lowest BCUT2D eigenvalue weighted by Crippen LogP contribution is -2.77. The van der Waals surface area contributed by atoms with Gasteiger partial charge in [-0.25, -0.2) is 0 Å². The number of hydrogen-bond donors (Lipinski definition) is 1. The average molecular weight is 222 g/mol. The predicted molar refractivity (Wildman–Crippen MR) is 71.1 cm³/mol. The van der Waals surface area contributed by atoms with E-state index in [-0.39, 0.29) is 0 Å². The Balaban J connectivity index is 1.91. The van der Waals surface area contributed by atoms with E-state index in [1.54, 1.807) is 0 Å². The highest BCUT2D eigenvalue weighted by molar-refractivity contribution is 5.71. The number of nitrogens with two attached hydrogens (primary N) is 1. The third-order valence-electron chi connectivity index (χ3n) is 3.28. The lowest BCUT2D eigenvalue weighted by molar-refractivity contribution is -0.676. The third-order valence-corrected chi connectivity index (χ3v) is 3.28. The molecule has 1 aliphatic rings. The molecule has 84 valence electrons. The van der Waals surface area contributed by atoms with E-state index in [4.69, 9.17) is 0 Å². The second-order valence-corrected chi connectivity index (χ2v) is 4.43. The quantitative estimate of drug-likeness (QED) is 0.752. The van der Waals surface area contributed by atoms with E-state index < -0.39 is 0 Å². The van der Waals surface area contributed by atoms with Gasteiger partial charge in [-0.3, -0.25) is 0 Å². The fourth-order valence-electron chi connectivity index (χ4n) is 2.37. The van der Waals surface area contributed by atoms with Gasteiger partial charge in [0.2, 0.25) is 0 Å². The standard InChI is InChI=1S/C16H15N/c1-2-5-13(6-3-1)9-10-14-7-4-8-15-11-17-12-16(14)15/h1-10,17H,11-12H2/p+1/b10-9+. The van der Waals surface area contributed by atoms with E-state index in [1.165, 1.54) is 22.3 Å². The van der Waals surface area contributed by atoms with Gasteiger partial charge in [0.1, 0.15) is 13.1 Å². The highest BCUT2D eigenvalue weighted by Gasteiger charge is 2.15. The lowest BCUT2D eigenvalue weighted by atomic mass is 10.0. The van der Waals surface area contributed by atoms with Gasteiger partial charge in [-0.05, 0) is 11.1 Å². The van der Waals surface area contributed by atoms with Crippen molar-refractivity contribution < 1.29 is 5.32 Å². The van der Waals surface area contributed by atoms with Gasteiger partial charge in [0, 0.05) is 11.1 Å². The van der Waals surface area contributed by atoms with Crippen molar-refractivity contribution in [3.05, 3.63) is 70.8 Å². The van der Waals surface area contributed by atoms with Crippen molar-refractivity contribution in [1.29, 1.82) is 0 Å². The second-order valence-electron chi connectivity index (χ2n) is 4.43. The average Bonchev–Trinajstić information content (AvgIpc) is 2.86. The molecule has 3 rings (SSSR count). The van der Waals surface area contributed by atoms with Gasteiger partial charge in [0.05, 0.1) is 0 Å². The summed E-state index contributed by atoms with van der Waals surface area (Å²) < 4.78 is 0. The summed E-state index contributed by atoms with van der Waals surface area (Å²) in [6.45, 7) is 2.24. The summed E-state index contributed by atoms with van der Waals surface area (Å²) in [4.78, 5) is 0. The van der Waals surface area contributed by atoms with Crippen LogP contribution in [-0.2, 0) is 13.1 Å². The molecule has 1 nitrogen and oxygen atoms in total. The van der Waals surface area contributed by atoms with Crippen LogP contribution >= 0.6 is 0 Å². The van der Waals surface area contributed by atoms with Crippen molar-refractivity contribution >= 4 is 12.2 Å². The Hall–Kier alpha value is -1.86. The van der Waals surface area contributed by atoms with E-state index in [2.05, 4.69) is 59.9 Å². The third kappa shape index (κ3) is 2.15. The van der Waals surface area contributed by atoms with E-state index in [0.29, 0.717) is 0 Å². The number of quaternary nitrogens is 1. The summed E-state index contributed by atoms with van der Waals surface area (Å²) in [6, 6.07) is 17.1. The lowest BCUT2D eigenvalue weighted by Gasteiger charge is -2.00. The van der Waals surface area contributed by atoms with E-state index in [9.17, 15) is 0 Å². The van der Waals surface area contributed by atoms with Crippen LogP contribution in [0.4, 0.5) is 0 Å². The molecule has 0 bridgehead atoms. The molecule has 2 aromatic carbocycles. The van der Waals surface area contributed by atoms with Crippen molar-refractivity contribution in [2.75, 3.05) is 0 Å². The van der Waals surface area contributed by atoms with E-state index >= 15 is 0 Å². The Morgan fingerprint density at radius 3 is 2.59 bits per heavy atom. The predicted octanol–water partition coefficient (Wildman–Crippen LogP) is 2.43. The van der Waals surface area contributed by atoms with Crippen molar-refractivity contribution in [3.8, 4) is 0 Å². The first-order valence-corrected chi connectivity index (χ1v) is 6.09. The molecular formula is C16H16N+. The maximum absolute atomic E-state index is 2.35. The minimum absolute atomic E-state index is 1.12. The highest BCUT2D eigenvalue weighted by atomic mass is 14.9. The van der Waals surface area contributed by atoms with Gasteiger partial charge in [0.25, 0.3) is 0 Å². The molecule has 0 aromatic heterocycles. The minimum atomic E-state index is 1.12. The Bertz CT molecular complexity index is 541. The summed E-state index contributed by atoms with van der Waals surface area (Å²) in [5.74, 6) is 0. The maximum atomic E-state index is 2.35. The summed E-state index contributed by atoms with van der Waals surface area (Å²) in [5, 5.41) is 2.35. The van der Waals surface area contributed by atoms with E-state index in [1.807, 2.05) is 6.07 Å². The van der Waals surface area contributed by atoms with Crippen LogP contribution in [0.25, 0.3) is 12.2 Å². The molecule has 1 aliphatic heterocycles. The van der Waals surface area contributed by atoms with Crippen molar-refractivity contribution in [3.63, 3.8) is 0 Å². The van der Waals surface area contributed by atoms with Crippen LogP contribution in [-0.4, -0.2) is 0 Å². The Morgan fingerprint density at radius 1 is 0.824 bits per heavy atom. The van der Waals surface area contributed by atoms with Crippen LogP contribution in [0.3, 0.4) is 0 Å². The Kier molecular flexibility index (Phi) is 2.76. The molecule has 0 atom stereocenters. The number of fused-ring (bicyclic) bond motifs is 1. The zero-order valence-electron chi connectivity index (χ0n) is 9.77. The molecule has 0 amide bonds. The molecule has 2 N–H and O–H groups in total. The van der Waals surface area contributed by atoms with Crippen molar-refractivity contribution in [2.24, 2.45) is 0 Å². The van der Waals surface area contributed by atoms with Gasteiger partial charge in [-0.15, -0.1) is 0 Å². The first-order valence-electron chi connectivity index (χ1n) is 6.09. The highest BCUT2D eigenvalue weighted by Crippen LogP contribution is 2.18. The zero-order chi connectivity index (χ0) is 11.5. The SMILES string of the molecule is C(=C\c1cccc2c1C[NH2+]C2)/c1ccccc1. The Labute approximate surface area is 102 Å². The minimum Gasteiger partial charge on any atom is -0.339 e. The molecular weight excluding hydrogens is 206 g/mol. The molecule has 1 heteroatoms. The molecule has 0 spiro atoms. The molecule has 1 heterocycles. The molecule has 2 aromatic rings.